The highest BCUT2D eigenvalue weighted by atomic mass is 16.4. The van der Waals surface area contributed by atoms with Crippen LogP contribution in [0.2, 0.25) is 0 Å². The summed E-state index contributed by atoms with van der Waals surface area (Å²) in [5, 5.41) is 17.7. The lowest BCUT2D eigenvalue weighted by Crippen LogP contribution is -1.92. The summed E-state index contributed by atoms with van der Waals surface area (Å²) in [6.45, 7) is 0. The maximum Gasteiger partial charge on any atom is 0.147 e. The molecule has 0 unspecified atom stereocenters. The van der Waals surface area contributed by atoms with Crippen molar-refractivity contribution in [2.75, 3.05) is 0 Å². The van der Waals surface area contributed by atoms with Crippen LogP contribution in [0, 0.1) is 0 Å². The third kappa shape index (κ3) is 6.75. The fourth-order valence-corrected chi connectivity index (χ4v) is 14.5. The van der Waals surface area contributed by atoms with Crippen LogP contribution in [0.4, 0.5) is 0 Å². The molecule has 0 saturated heterocycles. The van der Waals surface area contributed by atoms with Crippen molar-refractivity contribution in [2.24, 2.45) is 0 Å². The van der Waals surface area contributed by atoms with Crippen molar-refractivity contribution in [3.63, 3.8) is 0 Å². The molecule has 0 radical (unpaired) electrons. The standard InChI is InChI=1S/C82H46O4/c1-2-20-47(21-3-1)73-55-27-4-8-31-59(55)75(60-32-9-5-28-56(60)73)68-46-66-54-41-40-51(44-72(54)86-80(66)78-64-36-14-17-39-71(64)85-82(68)78)49-23-18-22-48(42-49)50-24-19-25-52(43-50)74-57-29-6-10-33-61(57)76(62-34-11-7-30-58(62)74)67-45-65-53-26-12-15-37-69(53)83-79(65)77-63-35-13-16-38-70(63)84-81(67)77/h1-46H. The lowest BCUT2D eigenvalue weighted by atomic mass is 9.84. The molecule has 0 aliphatic carbocycles. The molecule has 398 valence electrons. The predicted octanol–water partition coefficient (Wildman–Crippen LogP) is 23.9. The maximum atomic E-state index is 7.12. The Kier molecular flexibility index (Phi) is 9.86. The average molecular weight is 1100 g/mol. The molecule has 19 rings (SSSR count). The van der Waals surface area contributed by atoms with Gasteiger partial charge in [0.25, 0.3) is 0 Å². The van der Waals surface area contributed by atoms with Crippen LogP contribution >= 0.6 is 0 Å². The van der Waals surface area contributed by atoms with Crippen molar-refractivity contribution in [3.05, 3.63) is 279 Å². The minimum atomic E-state index is 0.817. The van der Waals surface area contributed by atoms with Gasteiger partial charge < -0.3 is 17.7 Å². The van der Waals surface area contributed by atoms with E-state index in [0.29, 0.717) is 0 Å². The minimum Gasteiger partial charge on any atom is -0.455 e. The van der Waals surface area contributed by atoms with Gasteiger partial charge in [0.1, 0.15) is 44.7 Å². The highest BCUT2D eigenvalue weighted by Crippen LogP contribution is 2.53. The van der Waals surface area contributed by atoms with Crippen molar-refractivity contribution in [1.82, 2.24) is 0 Å². The van der Waals surface area contributed by atoms with Crippen molar-refractivity contribution in [1.29, 1.82) is 0 Å². The normalized spacial score (nSPS) is 12.2. The van der Waals surface area contributed by atoms with Crippen molar-refractivity contribution < 1.29 is 17.7 Å². The van der Waals surface area contributed by atoms with Crippen LogP contribution in [0.3, 0.4) is 0 Å². The second-order valence-electron chi connectivity index (χ2n) is 22.8. The largest absolute Gasteiger partial charge is 0.455 e. The van der Waals surface area contributed by atoms with E-state index in [-0.39, 0.29) is 0 Å². The molecule has 0 atom stereocenters. The summed E-state index contributed by atoms with van der Waals surface area (Å²) < 4.78 is 27.7. The van der Waals surface area contributed by atoms with Gasteiger partial charge in [0.05, 0.1) is 10.8 Å². The molecular weight excluding hydrogens is 1050 g/mol. The summed E-state index contributed by atoms with van der Waals surface area (Å²) in [6.07, 6.45) is 0. The third-order valence-electron chi connectivity index (χ3n) is 18.2. The van der Waals surface area contributed by atoms with Crippen molar-refractivity contribution >= 4 is 131 Å². The lowest BCUT2D eigenvalue weighted by Gasteiger charge is -2.18. The fourth-order valence-electron chi connectivity index (χ4n) is 14.5. The van der Waals surface area contributed by atoms with Gasteiger partial charge in [-0.1, -0.05) is 224 Å². The van der Waals surface area contributed by atoms with Gasteiger partial charge in [-0.05, 0) is 142 Å². The number of para-hydroxylation sites is 3. The molecular formula is C82H46O4. The van der Waals surface area contributed by atoms with Crippen LogP contribution in [0.5, 0.6) is 0 Å². The highest BCUT2D eigenvalue weighted by Gasteiger charge is 2.27. The molecule has 4 nitrogen and oxygen atoms in total. The lowest BCUT2D eigenvalue weighted by molar-refractivity contribution is 0.663. The first-order valence-electron chi connectivity index (χ1n) is 29.4. The smallest absolute Gasteiger partial charge is 0.147 e. The Hall–Kier alpha value is -11.5. The van der Waals surface area contributed by atoms with Gasteiger partial charge in [-0.25, -0.2) is 0 Å². The van der Waals surface area contributed by atoms with Gasteiger partial charge in [-0.15, -0.1) is 0 Å². The van der Waals surface area contributed by atoms with E-state index in [2.05, 4.69) is 261 Å². The zero-order valence-corrected chi connectivity index (χ0v) is 46.2. The van der Waals surface area contributed by atoms with Crippen molar-refractivity contribution in [3.8, 4) is 66.8 Å². The summed E-state index contributed by atoms with van der Waals surface area (Å²) in [4.78, 5) is 0. The molecule has 0 amide bonds. The zero-order chi connectivity index (χ0) is 56.1. The zero-order valence-electron chi connectivity index (χ0n) is 46.2. The minimum absolute atomic E-state index is 0.817. The number of rotatable bonds is 6. The van der Waals surface area contributed by atoms with Gasteiger partial charge >= 0.3 is 0 Å². The van der Waals surface area contributed by atoms with E-state index in [9.17, 15) is 0 Å². The number of hydrogen-bond donors (Lipinski definition) is 0. The molecule has 0 aliphatic heterocycles. The molecule has 4 heterocycles. The first-order valence-corrected chi connectivity index (χ1v) is 29.4. The van der Waals surface area contributed by atoms with Crippen LogP contribution < -0.4 is 0 Å². The Labute approximate surface area is 491 Å². The Bertz CT molecular complexity index is 5970. The molecule has 4 heteroatoms. The maximum absolute atomic E-state index is 7.12. The van der Waals surface area contributed by atoms with E-state index in [4.69, 9.17) is 17.7 Å². The molecule has 0 saturated carbocycles. The van der Waals surface area contributed by atoms with Crippen LogP contribution in [-0.4, -0.2) is 0 Å². The molecule has 0 N–H and O–H groups in total. The van der Waals surface area contributed by atoms with Crippen LogP contribution in [-0.2, 0) is 0 Å². The molecule has 15 aromatic carbocycles. The van der Waals surface area contributed by atoms with Crippen LogP contribution in [0.1, 0.15) is 0 Å². The molecule has 0 spiro atoms. The topological polar surface area (TPSA) is 52.6 Å². The van der Waals surface area contributed by atoms with Gasteiger partial charge in [0.15, 0.2) is 0 Å². The Morgan fingerprint density at radius 3 is 0.953 bits per heavy atom. The molecule has 0 fully saturated rings. The van der Waals surface area contributed by atoms with Gasteiger partial charge in [0, 0.05) is 54.6 Å². The van der Waals surface area contributed by atoms with Gasteiger partial charge in [0.2, 0.25) is 0 Å². The van der Waals surface area contributed by atoms with Crippen LogP contribution in [0.25, 0.3) is 198 Å². The summed E-state index contributed by atoms with van der Waals surface area (Å²) in [7, 11) is 0. The monoisotopic (exact) mass is 1090 g/mol. The van der Waals surface area contributed by atoms with E-state index in [1.807, 2.05) is 18.2 Å². The first kappa shape index (κ1) is 47.1. The summed E-state index contributed by atoms with van der Waals surface area (Å²) >= 11 is 0. The molecule has 0 bridgehead atoms. The summed E-state index contributed by atoms with van der Waals surface area (Å²) in [5.41, 5.74) is 20.2. The molecule has 86 heavy (non-hydrogen) atoms. The Balaban J connectivity index is 0.756. The van der Waals surface area contributed by atoms with E-state index >= 15 is 0 Å². The van der Waals surface area contributed by atoms with Gasteiger partial charge in [-0.2, -0.15) is 0 Å². The van der Waals surface area contributed by atoms with Crippen LogP contribution in [0.15, 0.2) is 297 Å². The number of furan rings is 4. The number of fused-ring (bicyclic) bond motifs is 18. The van der Waals surface area contributed by atoms with Gasteiger partial charge in [-0.3, -0.25) is 0 Å². The van der Waals surface area contributed by atoms with Crippen molar-refractivity contribution in [2.45, 2.75) is 0 Å². The predicted molar refractivity (Wildman–Crippen MR) is 358 cm³/mol. The van der Waals surface area contributed by atoms with E-state index in [1.54, 1.807) is 0 Å². The SMILES string of the molecule is c1ccc(-c2c3ccccc3c(-c3cc4c5ccc(-c6cccc(-c7cccc(-c8c9ccccc9c(-c9cc%10c%11ccccc%11oc%10c%10c9oc9ccccc9%10)c9ccccc89)c7)c6)cc5oc4c4c3oc3ccccc34)c3ccccc23)cc1. The number of hydrogen-bond acceptors (Lipinski definition) is 4. The number of benzene rings is 15. The summed E-state index contributed by atoms with van der Waals surface area (Å²) in [5.74, 6) is 0. The van der Waals surface area contributed by atoms with E-state index in [0.717, 1.165) is 149 Å². The Morgan fingerprint density at radius 1 is 0.163 bits per heavy atom. The van der Waals surface area contributed by atoms with E-state index < -0.39 is 0 Å². The van der Waals surface area contributed by atoms with E-state index in [1.165, 1.54) is 49.0 Å². The molecule has 19 aromatic rings. The highest BCUT2D eigenvalue weighted by molar-refractivity contribution is 6.32. The Morgan fingerprint density at radius 2 is 0.477 bits per heavy atom. The summed E-state index contributed by atoms with van der Waals surface area (Å²) in [6, 6.07) is 100. The first-order chi connectivity index (χ1) is 42.7. The second-order valence-corrected chi connectivity index (χ2v) is 22.8. The fraction of sp³-hybridized carbons (Fsp3) is 0. The molecule has 4 aromatic heterocycles. The molecule has 0 aliphatic rings. The quantitative estimate of drug-likeness (QED) is 0.156. The second kappa shape index (κ2) is 18.0. The third-order valence-corrected chi connectivity index (χ3v) is 18.2. The average Bonchev–Trinajstić information content (AvgIpc) is 1.60.